The van der Waals surface area contributed by atoms with Gasteiger partial charge in [-0.05, 0) is 64.5 Å². The SMILES string of the molecule is CC(C)N1CCN(c2ccc3nc(Br)c(I)n3n2)CC1. The van der Waals surface area contributed by atoms with E-state index in [1.54, 1.807) is 0 Å². The molecule has 0 atom stereocenters. The molecule has 0 amide bonds. The van der Waals surface area contributed by atoms with Crippen molar-refractivity contribution in [2.24, 2.45) is 0 Å². The van der Waals surface area contributed by atoms with E-state index in [4.69, 9.17) is 5.10 Å². The van der Waals surface area contributed by atoms with Gasteiger partial charge in [-0.15, -0.1) is 5.10 Å². The Morgan fingerprint density at radius 2 is 1.90 bits per heavy atom. The normalized spacial score (nSPS) is 17.4. The van der Waals surface area contributed by atoms with Crippen LogP contribution in [0.2, 0.25) is 0 Å². The number of hydrogen-bond donors (Lipinski definition) is 0. The minimum atomic E-state index is 0.623. The van der Waals surface area contributed by atoms with Crippen molar-refractivity contribution in [2.75, 3.05) is 31.1 Å². The number of aromatic nitrogens is 3. The van der Waals surface area contributed by atoms with Crippen LogP contribution in [0.1, 0.15) is 13.8 Å². The average Bonchev–Trinajstić information content (AvgIpc) is 2.74. The molecule has 2 aromatic heterocycles. The molecule has 0 N–H and O–H groups in total. The molecule has 7 heteroatoms. The molecular weight excluding hydrogens is 433 g/mol. The maximum absolute atomic E-state index is 4.71. The fourth-order valence-electron chi connectivity index (χ4n) is 2.51. The van der Waals surface area contributed by atoms with E-state index in [1.807, 2.05) is 10.6 Å². The summed E-state index contributed by atoms with van der Waals surface area (Å²) < 4.78 is 3.77. The Labute approximate surface area is 140 Å². The standard InChI is InChI=1S/C13H17BrIN5/c1-9(2)18-5-7-19(8-6-18)11-4-3-10-16-12(14)13(15)20(10)17-11/h3-4,9H,5-8H2,1-2H3. The van der Waals surface area contributed by atoms with Crippen molar-refractivity contribution in [3.8, 4) is 0 Å². The van der Waals surface area contributed by atoms with Gasteiger partial charge in [0.05, 0.1) is 0 Å². The van der Waals surface area contributed by atoms with E-state index in [9.17, 15) is 0 Å². The second-order valence-electron chi connectivity index (χ2n) is 5.27. The van der Waals surface area contributed by atoms with Gasteiger partial charge in [0.25, 0.3) is 0 Å². The number of imidazole rings is 1. The van der Waals surface area contributed by atoms with Crippen LogP contribution in [0.4, 0.5) is 5.82 Å². The molecule has 1 saturated heterocycles. The summed E-state index contributed by atoms with van der Waals surface area (Å²) in [5.74, 6) is 1.03. The Bertz CT molecular complexity index is 618. The summed E-state index contributed by atoms with van der Waals surface area (Å²) in [5, 5.41) is 4.71. The van der Waals surface area contributed by atoms with Crippen LogP contribution in [0, 0.1) is 3.70 Å². The average molecular weight is 450 g/mol. The zero-order valence-electron chi connectivity index (χ0n) is 11.6. The van der Waals surface area contributed by atoms with Gasteiger partial charge in [0.1, 0.15) is 14.1 Å². The molecule has 1 aliphatic heterocycles. The lowest BCUT2D eigenvalue weighted by Crippen LogP contribution is -2.49. The smallest absolute Gasteiger partial charge is 0.156 e. The van der Waals surface area contributed by atoms with Gasteiger partial charge in [-0.25, -0.2) is 9.50 Å². The van der Waals surface area contributed by atoms with E-state index in [0.717, 1.165) is 45.9 Å². The molecule has 1 fully saturated rings. The largest absolute Gasteiger partial charge is 0.353 e. The first-order valence-corrected chi connectivity index (χ1v) is 8.63. The minimum absolute atomic E-state index is 0.623. The van der Waals surface area contributed by atoms with Crippen molar-refractivity contribution in [3.05, 3.63) is 20.4 Å². The van der Waals surface area contributed by atoms with Crippen molar-refractivity contribution in [3.63, 3.8) is 0 Å². The number of rotatable bonds is 2. The van der Waals surface area contributed by atoms with Gasteiger partial charge in [-0.1, -0.05) is 0 Å². The lowest BCUT2D eigenvalue weighted by atomic mass is 10.2. The molecule has 0 bridgehead atoms. The zero-order valence-corrected chi connectivity index (χ0v) is 15.3. The van der Waals surface area contributed by atoms with Gasteiger partial charge >= 0.3 is 0 Å². The summed E-state index contributed by atoms with van der Waals surface area (Å²) in [6, 6.07) is 4.72. The molecule has 0 aliphatic carbocycles. The highest BCUT2D eigenvalue weighted by molar-refractivity contribution is 14.1. The molecule has 20 heavy (non-hydrogen) atoms. The third-order valence-corrected chi connectivity index (χ3v) is 6.00. The second-order valence-corrected chi connectivity index (χ2v) is 7.04. The van der Waals surface area contributed by atoms with E-state index < -0.39 is 0 Å². The molecule has 5 nitrogen and oxygen atoms in total. The lowest BCUT2D eigenvalue weighted by Gasteiger charge is -2.37. The van der Waals surface area contributed by atoms with E-state index >= 15 is 0 Å². The predicted molar refractivity (Wildman–Crippen MR) is 92.3 cm³/mol. The van der Waals surface area contributed by atoms with Gasteiger partial charge in [0.15, 0.2) is 5.65 Å². The molecule has 3 rings (SSSR count). The van der Waals surface area contributed by atoms with Crippen LogP contribution in [-0.4, -0.2) is 51.7 Å². The third kappa shape index (κ3) is 2.67. The van der Waals surface area contributed by atoms with Crippen LogP contribution < -0.4 is 4.90 Å². The molecule has 2 aromatic rings. The number of halogens is 2. The van der Waals surface area contributed by atoms with Crippen LogP contribution in [-0.2, 0) is 0 Å². The Balaban J connectivity index is 1.83. The number of nitrogens with zero attached hydrogens (tertiary/aromatic N) is 5. The highest BCUT2D eigenvalue weighted by Gasteiger charge is 2.20. The first kappa shape index (κ1) is 14.5. The van der Waals surface area contributed by atoms with Gasteiger partial charge < -0.3 is 4.90 Å². The van der Waals surface area contributed by atoms with Crippen molar-refractivity contribution in [1.82, 2.24) is 19.5 Å². The highest BCUT2D eigenvalue weighted by atomic mass is 127. The lowest BCUT2D eigenvalue weighted by molar-refractivity contribution is 0.209. The Kier molecular flexibility index (Phi) is 4.19. The second kappa shape index (κ2) is 5.76. The fourth-order valence-corrected chi connectivity index (χ4v) is 3.33. The van der Waals surface area contributed by atoms with Crippen LogP contribution >= 0.6 is 38.5 Å². The summed E-state index contributed by atoms with van der Waals surface area (Å²) in [5.41, 5.74) is 0.880. The monoisotopic (exact) mass is 449 g/mol. The summed E-state index contributed by atoms with van der Waals surface area (Å²) in [4.78, 5) is 9.27. The molecule has 0 saturated carbocycles. The summed E-state index contributed by atoms with van der Waals surface area (Å²) in [6.45, 7) is 8.77. The van der Waals surface area contributed by atoms with Crippen molar-refractivity contribution >= 4 is 50.0 Å². The van der Waals surface area contributed by atoms with Crippen molar-refractivity contribution in [2.45, 2.75) is 19.9 Å². The Morgan fingerprint density at radius 1 is 1.20 bits per heavy atom. The van der Waals surface area contributed by atoms with Crippen molar-refractivity contribution < 1.29 is 0 Å². The molecule has 0 spiro atoms. The maximum atomic E-state index is 4.71. The van der Waals surface area contributed by atoms with Crippen LogP contribution in [0.5, 0.6) is 0 Å². The summed E-state index contributed by atoms with van der Waals surface area (Å²) in [7, 11) is 0. The number of anilines is 1. The first-order chi connectivity index (χ1) is 9.56. The van der Waals surface area contributed by atoms with Crippen LogP contribution in [0.3, 0.4) is 0 Å². The molecular formula is C13H17BrIN5. The summed E-state index contributed by atoms with van der Waals surface area (Å²) in [6.07, 6.45) is 0. The van der Waals surface area contributed by atoms with Crippen molar-refractivity contribution in [1.29, 1.82) is 0 Å². The summed E-state index contributed by atoms with van der Waals surface area (Å²) >= 11 is 5.71. The fraction of sp³-hybridized carbons (Fsp3) is 0.538. The van der Waals surface area contributed by atoms with Crippen LogP contribution in [0.15, 0.2) is 16.7 Å². The highest BCUT2D eigenvalue weighted by Crippen LogP contribution is 2.22. The molecule has 1 aliphatic rings. The molecule has 0 aromatic carbocycles. The Morgan fingerprint density at radius 3 is 2.55 bits per heavy atom. The molecule has 3 heterocycles. The molecule has 0 radical (unpaired) electrons. The molecule has 108 valence electrons. The number of fused-ring (bicyclic) bond motifs is 1. The zero-order chi connectivity index (χ0) is 14.3. The topological polar surface area (TPSA) is 36.7 Å². The van der Waals surface area contributed by atoms with Gasteiger partial charge in [-0.2, -0.15) is 0 Å². The van der Waals surface area contributed by atoms with Crippen LogP contribution in [0.25, 0.3) is 5.65 Å². The number of piperazine rings is 1. The van der Waals surface area contributed by atoms with E-state index in [2.05, 4.69) is 73.2 Å². The van der Waals surface area contributed by atoms with Gasteiger partial charge in [-0.3, -0.25) is 4.90 Å². The van der Waals surface area contributed by atoms with E-state index in [0.29, 0.717) is 6.04 Å². The Hall–Kier alpha value is -0.410. The van der Waals surface area contributed by atoms with Gasteiger partial charge in [0.2, 0.25) is 0 Å². The van der Waals surface area contributed by atoms with E-state index in [-0.39, 0.29) is 0 Å². The quantitative estimate of drug-likeness (QED) is 0.660. The minimum Gasteiger partial charge on any atom is -0.353 e. The molecule has 0 unspecified atom stereocenters. The maximum Gasteiger partial charge on any atom is 0.156 e. The van der Waals surface area contributed by atoms with Gasteiger partial charge in [0, 0.05) is 32.2 Å². The van der Waals surface area contributed by atoms with E-state index in [1.165, 1.54) is 0 Å². The first-order valence-electron chi connectivity index (χ1n) is 6.76. The third-order valence-electron chi connectivity index (χ3n) is 3.74. The predicted octanol–water partition coefficient (Wildman–Crippen LogP) is 2.63. The number of hydrogen-bond acceptors (Lipinski definition) is 4.